The number of H-pyrrole nitrogens is 1. The number of benzene rings is 1. The van der Waals surface area contributed by atoms with Crippen LogP contribution in [0.25, 0.3) is 10.9 Å². The highest BCUT2D eigenvalue weighted by atomic mass is 32.2. The van der Waals surface area contributed by atoms with Crippen LogP contribution in [0.15, 0.2) is 45.4 Å². The lowest BCUT2D eigenvalue weighted by atomic mass is 10.1. The van der Waals surface area contributed by atoms with E-state index in [1.54, 1.807) is 18.2 Å². The van der Waals surface area contributed by atoms with Gasteiger partial charge in [0.1, 0.15) is 4.21 Å². The van der Waals surface area contributed by atoms with Gasteiger partial charge in [-0.25, -0.2) is 13.1 Å². The number of hydrogen-bond donors (Lipinski definition) is 2. The third kappa shape index (κ3) is 3.36. The van der Waals surface area contributed by atoms with E-state index in [0.717, 1.165) is 21.3 Å². The van der Waals surface area contributed by atoms with Crippen molar-refractivity contribution in [1.82, 2.24) is 9.71 Å². The summed E-state index contributed by atoms with van der Waals surface area (Å²) in [6.07, 6.45) is 0. The fourth-order valence-electron chi connectivity index (χ4n) is 2.29. The van der Waals surface area contributed by atoms with Crippen molar-refractivity contribution in [1.29, 1.82) is 0 Å². The number of fused-ring (bicyclic) bond motifs is 1. The van der Waals surface area contributed by atoms with E-state index in [1.165, 1.54) is 11.3 Å². The van der Waals surface area contributed by atoms with Crippen molar-refractivity contribution in [3.63, 3.8) is 0 Å². The number of sulfonamides is 1. The average molecular weight is 348 g/mol. The Morgan fingerprint density at radius 3 is 2.61 bits per heavy atom. The largest absolute Gasteiger partial charge is 0.322 e. The molecule has 3 aromatic rings. The second-order valence-corrected chi connectivity index (χ2v) is 8.69. The molecule has 2 N–H and O–H groups in total. The fourth-order valence-corrected chi connectivity index (χ4v) is 4.63. The highest BCUT2D eigenvalue weighted by molar-refractivity contribution is 7.91. The van der Waals surface area contributed by atoms with Crippen LogP contribution in [0.4, 0.5) is 0 Å². The summed E-state index contributed by atoms with van der Waals surface area (Å²) in [6.45, 7) is 3.75. The molecule has 3 rings (SSSR count). The Morgan fingerprint density at radius 2 is 1.91 bits per heavy atom. The SMILES string of the molecule is Cc1ccc2cc(CNS(=O)(=O)c3ccc(C)s3)c(=O)[nH]c2c1. The summed E-state index contributed by atoms with van der Waals surface area (Å²) in [5.41, 5.74) is 1.90. The minimum absolute atomic E-state index is 0.0432. The van der Waals surface area contributed by atoms with Gasteiger partial charge in [0, 0.05) is 22.5 Å². The molecule has 5 nitrogen and oxygen atoms in total. The predicted octanol–water partition coefficient (Wildman–Crippen LogP) is 2.68. The molecule has 0 saturated carbocycles. The minimum atomic E-state index is -3.60. The van der Waals surface area contributed by atoms with Crippen molar-refractivity contribution in [3.05, 3.63) is 62.8 Å². The minimum Gasteiger partial charge on any atom is -0.322 e. The molecule has 0 aliphatic carbocycles. The first-order valence-corrected chi connectivity index (χ1v) is 9.34. The van der Waals surface area contributed by atoms with E-state index in [1.807, 2.05) is 32.0 Å². The lowest BCUT2D eigenvalue weighted by Gasteiger charge is -2.06. The van der Waals surface area contributed by atoms with E-state index in [-0.39, 0.29) is 16.3 Å². The maximum atomic E-state index is 12.2. The van der Waals surface area contributed by atoms with Gasteiger partial charge in [-0.1, -0.05) is 12.1 Å². The number of rotatable bonds is 4. The van der Waals surface area contributed by atoms with Crippen molar-refractivity contribution in [3.8, 4) is 0 Å². The summed E-state index contributed by atoms with van der Waals surface area (Å²) in [6, 6.07) is 10.8. The Balaban J connectivity index is 1.88. The van der Waals surface area contributed by atoms with Crippen LogP contribution in [0.2, 0.25) is 0 Å². The zero-order valence-electron chi connectivity index (χ0n) is 12.7. The van der Waals surface area contributed by atoms with Gasteiger partial charge in [0.15, 0.2) is 0 Å². The van der Waals surface area contributed by atoms with Crippen LogP contribution in [0, 0.1) is 13.8 Å². The van der Waals surface area contributed by atoms with Crippen LogP contribution in [0.5, 0.6) is 0 Å². The first kappa shape index (κ1) is 15.9. The predicted molar refractivity (Wildman–Crippen MR) is 92.4 cm³/mol. The molecule has 2 heterocycles. The summed E-state index contributed by atoms with van der Waals surface area (Å²) >= 11 is 1.20. The Kier molecular flexibility index (Phi) is 4.09. The normalized spacial score (nSPS) is 11.9. The molecule has 23 heavy (non-hydrogen) atoms. The van der Waals surface area contributed by atoms with Crippen molar-refractivity contribution in [2.75, 3.05) is 0 Å². The maximum absolute atomic E-state index is 12.2. The van der Waals surface area contributed by atoms with Gasteiger partial charge in [0.25, 0.3) is 5.56 Å². The van der Waals surface area contributed by atoms with Crippen LogP contribution in [0.1, 0.15) is 16.0 Å². The second kappa shape index (κ2) is 5.92. The molecule has 0 bridgehead atoms. The molecule has 0 aliphatic rings. The topological polar surface area (TPSA) is 79.0 Å². The first-order chi connectivity index (χ1) is 10.8. The van der Waals surface area contributed by atoms with Crippen molar-refractivity contribution in [2.24, 2.45) is 0 Å². The molecular weight excluding hydrogens is 332 g/mol. The van der Waals surface area contributed by atoms with Gasteiger partial charge in [-0.05, 0) is 49.1 Å². The molecule has 0 radical (unpaired) electrons. The highest BCUT2D eigenvalue weighted by Crippen LogP contribution is 2.20. The monoisotopic (exact) mass is 348 g/mol. The number of aromatic nitrogens is 1. The van der Waals surface area contributed by atoms with E-state index < -0.39 is 10.0 Å². The summed E-state index contributed by atoms with van der Waals surface area (Å²) in [5, 5.41) is 0.872. The molecule has 0 unspecified atom stereocenters. The van der Waals surface area contributed by atoms with Gasteiger partial charge in [-0.2, -0.15) is 0 Å². The van der Waals surface area contributed by atoms with Gasteiger partial charge < -0.3 is 4.98 Å². The Hall–Kier alpha value is -1.96. The molecule has 120 valence electrons. The number of hydrogen-bond acceptors (Lipinski definition) is 4. The van der Waals surface area contributed by atoms with Crippen molar-refractivity contribution < 1.29 is 8.42 Å². The molecule has 2 aromatic heterocycles. The van der Waals surface area contributed by atoms with E-state index in [0.29, 0.717) is 5.56 Å². The first-order valence-electron chi connectivity index (χ1n) is 7.04. The lowest BCUT2D eigenvalue weighted by Crippen LogP contribution is -2.26. The molecule has 0 spiro atoms. The Morgan fingerprint density at radius 1 is 1.13 bits per heavy atom. The lowest BCUT2D eigenvalue weighted by molar-refractivity contribution is 0.583. The summed E-state index contributed by atoms with van der Waals surface area (Å²) in [4.78, 5) is 15.8. The molecule has 0 saturated heterocycles. The van der Waals surface area contributed by atoms with Gasteiger partial charge >= 0.3 is 0 Å². The van der Waals surface area contributed by atoms with E-state index in [9.17, 15) is 13.2 Å². The van der Waals surface area contributed by atoms with E-state index in [2.05, 4.69) is 9.71 Å². The van der Waals surface area contributed by atoms with Crippen LogP contribution in [0.3, 0.4) is 0 Å². The Bertz CT molecular complexity index is 1030. The average Bonchev–Trinajstić information content (AvgIpc) is 2.92. The molecule has 0 aliphatic heterocycles. The molecule has 7 heteroatoms. The van der Waals surface area contributed by atoms with Crippen LogP contribution < -0.4 is 10.3 Å². The summed E-state index contributed by atoms with van der Waals surface area (Å²) in [5.74, 6) is 0. The zero-order chi connectivity index (χ0) is 16.6. The van der Waals surface area contributed by atoms with Crippen LogP contribution in [-0.2, 0) is 16.6 Å². The quantitative estimate of drug-likeness (QED) is 0.761. The van der Waals surface area contributed by atoms with E-state index >= 15 is 0 Å². The number of aromatic amines is 1. The standard InChI is InChI=1S/C16H16N2O3S2/c1-10-3-5-12-8-13(16(19)18-14(12)7-10)9-17-23(20,21)15-6-4-11(2)22-15/h3-8,17H,9H2,1-2H3,(H,18,19). The molecule has 0 fully saturated rings. The third-order valence-electron chi connectivity index (χ3n) is 3.51. The maximum Gasteiger partial charge on any atom is 0.252 e. The van der Waals surface area contributed by atoms with Gasteiger partial charge in [0.05, 0.1) is 0 Å². The van der Waals surface area contributed by atoms with Crippen LogP contribution in [-0.4, -0.2) is 13.4 Å². The summed E-state index contributed by atoms with van der Waals surface area (Å²) < 4.78 is 27.2. The van der Waals surface area contributed by atoms with Gasteiger partial charge in [0.2, 0.25) is 10.0 Å². The second-order valence-electron chi connectivity index (χ2n) is 5.40. The smallest absolute Gasteiger partial charge is 0.252 e. The van der Waals surface area contributed by atoms with Gasteiger partial charge in [-0.15, -0.1) is 11.3 Å². The third-order valence-corrected chi connectivity index (χ3v) is 6.41. The van der Waals surface area contributed by atoms with Crippen molar-refractivity contribution in [2.45, 2.75) is 24.6 Å². The van der Waals surface area contributed by atoms with Gasteiger partial charge in [-0.3, -0.25) is 4.79 Å². The van der Waals surface area contributed by atoms with Crippen LogP contribution >= 0.6 is 11.3 Å². The molecule has 1 aromatic carbocycles. The zero-order valence-corrected chi connectivity index (χ0v) is 14.3. The molecular formula is C16H16N2O3S2. The Labute approximate surface area is 138 Å². The molecule has 0 amide bonds. The van der Waals surface area contributed by atoms with E-state index in [4.69, 9.17) is 0 Å². The number of aryl methyl sites for hydroxylation is 2. The number of thiophene rings is 1. The highest BCUT2D eigenvalue weighted by Gasteiger charge is 2.16. The number of pyridine rings is 1. The molecule has 0 atom stereocenters. The fraction of sp³-hybridized carbons (Fsp3) is 0.188. The number of nitrogens with one attached hydrogen (secondary N) is 2. The summed E-state index contributed by atoms with van der Waals surface area (Å²) in [7, 11) is -3.60. The van der Waals surface area contributed by atoms with Crippen molar-refractivity contribution >= 4 is 32.3 Å².